The number of hydrogen-bond acceptors (Lipinski definition) is 5. The van der Waals surface area contributed by atoms with Crippen molar-refractivity contribution in [2.45, 2.75) is 6.92 Å². The number of anilines is 2. The predicted molar refractivity (Wildman–Crippen MR) is 65.7 cm³/mol. The normalized spacial score (nSPS) is 10.1. The zero-order chi connectivity index (χ0) is 13.3. The number of aryl methyl sites for hydroxylation is 1. The van der Waals surface area contributed by atoms with Crippen LogP contribution < -0.4 is 11.5 Å². The molecule has 4 N–H and O–H groups in total. The van der Waals surface area contributed by atoms with Crippen LogP contribution in [0.2, 0.25) is 0 Å². The van der Waals surface area contributed by atoms with Gasteiger partial charge < -0.3 is 11.5 Å². The Morgan fingerprint density at radius 1 is 1.28 bits per heavy atom. The van der Waals surface area contributed by atoms with Gasteiger partial charge in [-0.3, -0.25) is 0 Å². The Balaban J connectivity index is 2.70. The molecule has 18 heavy (non-hydrogen) atoms. The molecule has 0 bridgehead atoms. The summed E-state index contributed by atoms with van der Waals surface area (Å²) in [5, 5.41) is 9.03. The Morgan fingerprint density at radius 2 is 2.00 bits per heavy atom. The fourth-order valence-corrected chi connectivity index (χ4v) is 1.56. The molecule has 0 unspecified atom stereocenters. The second-order valence-corrected chi connectivity index (χ2v) is 3.77. The maximum atomic E-state index is 13.5. The van der Waals surface area contributed by atoms with Gasteiger partial charge in [0.2, 0.25) is 5.95 Å². The molecule has 0 fully saturated rings. The van der Waals surface area contributed by atoms with Gasteiger partial charge in [-0.1, -0.05) is 12.1 Å². The molecule has 2 aromatic rings. The van der Waals surface area contributed by atoms with Crippen LogP contribution in [0.3, 0.4) is 0 Å². The minimum absolute atomic E-state index is 0.0130. The summed E-state index contributed by atoms with van der Waals surface area (Å²) in [4.78, 5) is 7.64. The van der Waals surface area contributed by atoms with E-state index in [-0.39, 0.29) is 28.8 Å². The second-order valence-electron chi connectivity index (χ2n) is 3.77. The summed E-state index contributed by atoms with van der Waals surface area (Å²) < 4.78 is 13.5. The van der Waals surface area contributed by atoms with E-state index in [0.29, 0.717) is 11.1 Å². The van der Waals surface area contributed by atoms with Crippen LogP contribution in [-0.4, -0.2) is 9.97 Å². The zero-order valence-corrected chi connectivity index (χ0v) is 9.61. The van der Waals surface area contributed by atoms with E-state index >= 15 is 0 Å². The molecule has 1 aromatic heterocycles. The summed E-state index contributed by atoms with van der Waals surface area (Å²) in [7, 11) is 0. The van der Waals surface area contributed by atoms with Gasteiger partial charge in [-0.05, 0) is 18.6 Å². The summed E-state index contributed by atoms with van der Waals surface area (Å²) >= 11 is 0. The van der Waals surface area contributed by atoms with Crippen molar-refractivity contribution in [1.29, 1.82) is 5.26 Å². The van der Waals surface area contributed by atoms with Crippen molar-refractivity contribution in [3.05, 3.63) is 35.1 Å². The highest BCUT2D eigenvalue weighted by molar-refractivity contribution is 5.73. The Morgan fingerprint density at radius 3 is 2.61 bits per heavy atom. The van der Waals surface area contributed by atoms with Crippen molar-refractivity contribution in [3.8, 4) is 17.3 Å². The molecule has 2 rings (SSSR count). The van der Waals surface area contributed by atoms with E-state index in [9.17, 15) is 4.39 Å². The number of nitrogens with two attached hydrogens (primary N) is 2. The lowest BCUT2D eigenvalue weighted by atomic mass is 10.1. The van der Waals surface area contributed by atoms with Crippen LogP contribution in [0, 0.1) is 24.1 Å². The van der Waals surface area contributed by atoms with E-state index in [0.717, 1.165) is 0 Å². The number of halogens is 1. The maximum Gasteiger partial charge on any atom is 0.222 e. The number of rotatable bonds is 1. The minimum Gasteiger partial charge on any atom is -0.382 e. The fourth-order valence-electron chi connectivity index (χ4n) is 1.56. The van der Waals surface area contributed by atoms with Gasteiger partial charge in [-0.15, -0.1) is 0 Å². The Bertz CT molecular complexity index is 660. The monoisotopic (exact) mass is 243 g/mol. The molecule has 1 heterocycles. The smallest absolute Gasteiger partial charge is 0.222 e. The van der Waals surface area contributed by atoms with Gasteiger partial charge >= 0.3 is 0 Å². The lowest BCUT2D eigenvalue weighted by Gasteiger charge is -2.07. The van der Waals surface area contributed by atoms with E-state index < -0.39 is 0 Å². The zero-order valence-electron chi connectivity index (χ0n) is 9.61. The average molecular weight is 243 g/mol. The van der Waals surface area contributed by atoms with Gasteiger partial charge in [-0.2, -0.15) is 10.2 Å². The molecule has 5 nitrogen and oxygen atoms in total. The number of nitrogen functional groups attached to an aromatic ring is 2. The first kappa shape index (κ1) is 11.8. The Kier molecular flexibility index (Phi) is 2.81. The first-order valence-electron chi connectivity index (χ1n) is 5.12. The van der Waals surface area contributed by atoms with Crippen molar-refractivity contribution in [2.75, 3.05) is 11.5 Å². The molecule has 1 aromatic carbocycles. The van der Waals surface area contributed by atoms with Crippen LogP contribution in [0.25, 0.3) is 11.3 Å². The highest BCUT2D eigenvalue weighted by atomic mass is 19.1. The van der Waals surface area contributed by atoms with Crippen LogP contribution in [0.5, 0.6) is 0 Å². The van der Waals surface area contributed by atoms with Crippen molar-refractivity contribution in [3.63, 3.8) is 0 Å². The average Bonchev–Trinajstić information content (AvgIpc) is 2.32. The van der Waals surface area contributed by atoms with Crippen molar-refractivity contribution >= 4 is 11.8 Å². The van der Waals surface area contributed by atoms with Gasteiger partial charge in [0.15, 0.2) is 0 Å². The van der Waals surface area contributed by atoms with Crippen LogP contribution in [0.1, 0.15) is 11.1 Å². The summed E-state index contributed by atoms with van der Waals surface area (Å²) in [5.74, 6) is -0.449. The van der Waals surface area contributed by atoms with Crippen molar-refractivity contribution < 1.29 is 4.39 Å². The lowest BCUT2D eigenvalue weighted by molar-refractivity contribution is 0.619. The molecule has 90 valence electrons. The topological polar surface area (TPSA) is 102 Å². The number of hydrogen-bond donors (Lipinski definition) is 2. The number of aromatic nitrogens is 2. The van der Waals surface area contributed by atoms with Gasteiger partial charge in [0, 0.05) is 5.56 Å². The van der Waals surface area contributed by atoms with E-state index in [2.05, 4.69) is 9.97 Å². The van der Waals surface area contributed by atoms with Crippen molar-refractivity contribution in [1.82, 2.24) is 9.97 Å². The van der Waals surface area contributed by atoms with E-state index in [1.807, 2.05) is 6.07 Å². The molecule has 0 aliphatic heterocycles. The highest BCUT2D eigenvalue weighted by Gasteiger charge is 2.14. The molecule has 0 aliphatic rings. The number of nitrogens with zero attached hydrogens (tertiary/aromatic N) is 3. The Labute approximate surface area is 103 Å². The summed E-state index contributed by atoms with van der Waals surface area (Å²) in [6.45, 7) is 1.65. The molecule has 0 spiro atoms. The van der Waals surface area contributed by atoms with Crippen LogP contribution in [0.15, 0.2) is 18.2 Å². The number of nitriles is 1. The second kappa shape index (κ2) is 4.30. The predicted octanol–water partition coefficient (Wildman–Crippen LogP) is 1.63. The minimum atomic E-state index is -0.382. The van der Waals surface area contributed by atoms with Gasteiger partial charge in [0.05, 0.1) is 5.69 Å². The van der Waals surface area contributed by atoms with E-state index in [4.69, 9.17) is 16.7 Å². The molecule has 0 atom stereocenters. The quantitative estimate of drug-likeness (QED) is 0.792. The standard InChI is InChI=1S/C12H10FN5/c1-6-2-3-7(4-9(6)13)10-8(5-14)11(15)18-12(16)17-10/h2-4H,1H3,(H4,15,16,17,18). The third kappa shape index (κ3) is 1.94. The first-order valence-corrected chi connectivity index (χ1v) is 5.12. The van der Waals surface area contributed by atoms with E-state index in [1.54, 1.807) is 19.1 Å². The maximum absolute atomic E-state index is 13.5. The summed E-state index contributed by atoms with van der Waals surface area (Å²) in [6.07, 6.45) is 0. The summed E-state index contributed by atoms with van der Waals surface area (Å²) in [6, 6.07) is 6.44. The molecular weight excluding hydrogens is 233 g/mol. The SMILES string of the molecule is Cc1ccc(-c2nc(N)nc(N)c2C#N)cc1F. The van der Waals surface area contributed by atoms with Gasteiger partial charge in [0.25, 0.3) is 0 Å². The van der Waals surface area contributed by atoms with E-state index in [1.165, 1.54) is 6.07 Å². The molecule has 6 heteroatoms. The van der Waals surface area contributed by atoms with Crippen LogP contribution in [0.4, 0.5) is 16.2 Å². The lowest BCUT2D eigenvalue weighted by Crippen LogP contribution is -2.05. The molecule has 0 saturated carbocycles. The third-order valence-corrected chi connectivity index (χ3v) is 2.51. The first-order chi connectivity index (χ1) is 8.52. The molecular formula is C12H10FN5. The largest absolute Gasteiger partial charge is 0.382 e. The third-order valence-electron chi connectivity index (χ3n) is 2.51. The van der Waals surface area contributed by atoms with Crippen LogP contribution >= 0.6 is 0 Å². The van der Waals surface area contributed by atoms with Gasteiger partial charge in [-0.25, -0.2) is 9.37 Å². The fraction of sp³-hybridized carbons (Fsp3) is 0.0833. The molecule has 0 aliphatic carbocycles. The highest BCUT2D eigenvalue weighted by Crippen LogP contribution is 2.26. The summed E-state index contributed by atoms with van der Waals surface area (Å²) in [5.41, 5.74) is 12.3. The Hall–Kier alpha value is -2.68. The van der Waals surface area contributed by atoms with Crippen molar-refractivity contribution in [2.24, 2.45) is 0 Å². The molecule has 0 radical (unpaired) electrons. The van der Waals surface area contributed by atoms with Crippen LogP contribution in [-0.2, 0) is 0 Å². The molecule has 0 saturated heterocycles. The van der Waals surface area contributed by atoms with Gasteiger partial charge in [0.1, 0.15) is 23.3 Å². The molecule has 0 amide bonds. The number of benzene rings is 1.